The van der Waals surface area contributed by atoms with Gasteiger partial charge in [0.15, 0.2) is 0 Å². The van der Waals surface area contributed by atoms with Crippen molar-refractivity contribution in [2.24, 2.45) is 5.73 Å². The highest BCUT2D eigenvalue weighted by Gasteiger charge is 2.17. The van der Waals surface area contributed by atoms with Crippen molar-refractivity contribution in [1.29, 1.82) is 0 Å². The summed E-state index contributed by atoms with van der Waals surface area (Å²) < 4.78 is 1.12. The summed E-state index contributed by atoms with van der Waals surface area (Å²) in [5, 5.41) is 2.09. The number of nitrogens with zero attached hydrogens (tertiary/aromatic N) is 1. The van der Waals surface area contributed by atoms with E-state index in [0.29, 0.717) is 6.54 Å². The Labute approximate surface area is 114 Å². The zero-order chi connectivity index (χ0) is 12.3. The molecule has 0 aliphatic rings. The van der Waals surface area contributed by atoms with E-state index in [1.54, 1.807) is 11.3 Å². The Kier molecular flexibility index (Phi) is 4.20. The molecular formula is C13H15BrN2S. The van der Waals surface area contributed by atoms with Crippen molar-refractivity contribution in [2.75, 3.05) is 18.5 Å². The van der Waals surface area contributed by atoms with Crippen LogP contribution in [0.25, 0.3) is 0 Å². The normalized spacial score (nSPS) is 12.4. The number of rotatable bonds is 4. The highest BCUT2D eigenvalue weighted by molar-refractivity contribution is 9.10. The van der Waals surface area contributed by atoms with Crippen LogP contribution in [0.5, 0.6) is 0 Å². The van der Waals surface area contributed by atoms with Gasteiger partial charge in [-0.3, -0.25) is 0 Å². The van der Waals surface area contributed by atoms with Crippen LogP contribution in [0, 0.1) is 0 Å². The van der Waals surface area contributed by atoms with Gasteiger partial charge in [0.25, 0.3) is 0 Å². The first-order valence-corrected chi connectivity index (χ1v) is 7.11. The van der Waals surface area contributed by atoms with Gasteiger partial charge in [-0.15, -0.1) is 11.3 Å². The maximum Gasteiger partial charge on any atom is 0.0754 e. The van der Waals surface area contributed by atoms with Crippen LogP contribution in [0.15, 0.2) is 46.3 Å². The van der Waals surface area contributed by atoms with Gasteiger partial charge in [-0.2, -0.15) is 0 Å². The van der Waals surface area contributed by atoms with Gasteiger partial charge in [-0.25, -0.2) is 0 Å². The minimum atomic E-state index is 0.230. The molecule has 1 aromatic heterocycles. The number of anilines is 1. The number of likely N-dealkylation sites (N-methyl/N-ethyl adjacent to an activating group) is 1. The summed E-state index contributed by atoms with van der Waals surface area (Å²) in [6.45, 7) is 0.609. The summed E-state index contributed by atoms with van der Waals surface area (Å²) in [4.78, 5) is 3.50. The Balaban J connectivity index is 2.25. The van der Waals surface area contributed by atoms with E-state index in [1.165, 1.54) is 10.6 Å². The average molecular weight is 311 g/mol. The zero-order valence-electron chi connectivity index (χ0n) is 9.64. The molecular weight excluding hydrogens is 296 g/mol. The predicted octanol–water partition coefficient (Wildman–Crippen LogP) is 3.65. The number of hydrogen-bond acceptors (Lipinski definition) is 3. The van der Waals surface area contributed by atoms with E-state index in [0.717, 1.165) is 4.47 Å². The third kappa shape index (κ3) is 2.89. The molecule has 0 aliphatic heterocycles. The van der Waals surface area contributed by atoms with Crippen LogP contribution in [0.3, 0.4) is 0 Å². The van der Waals surface area contributed by atoms with Gasteiger partial charge in [0.2, 0.25) is 0 Å². The monoisotopic (exact) mass is 310 g/mol. The second-order valence-electron chi connectivity index (χ2n) is 3.87. The van der Waals surface area contributed by atoms with E-state index >= 15 is 0 Å². The molecule has 0 spiro atoms. The molecule has 4 heteroatoms. The highest BCUT2D eigenvalue weighted by atomic mass is 79.9. The molecule has 0 saturated carbocycles. The van der Waals surface area contributed by atoms with Crippen molar-refractivity contribution < 1.29 is 0 Å². The Morgan fingerprint density at radius 3 is 2.59 bits per heavy atom. The maximum absolute atomic E-state index is 5.90. The molecule has 1 aromatic carbocycles. The topological polar surface area (TPSA) is 29.3 Å². The number of thiophene rings is 1. The van der Waals surface area contributed by atoms with Gasteiger partial charge in [-0.1, -0.05) is 18.2 Å². The van der Waals surface area contributed by atoms with Crippen LogP contribution in [-0.4, -0.2) is 13.6 Å². The summed E-state index contributed by atoms with van der Waals surface area (Å²) >= 11 is 5.22. The van der Waals surface area contributed by atoms with Gasteiger partial charge >= 0.3 is 0 Å². The van der Waals surface area contributed by atoms with Gasteiger partial charge in [0.1, 0.15) is 0 Å². The predicted molar refractivity (Wildman–Crippen MR) is 78.7 cm³/mol. The minimum Gasteiger partial charge on any atom is -0.365 e. The second-order valence-corrected chi connectivity index (χ2v) is 5.72. The molecule has 17 heavy (non-hydrogen) atoms. The minimum absolute atomic E-state index is 0.230. The molecule has 0 amide bonds. The molecule has 2 aromatic rings. The number of para-hydroxylation sites is 1. The molecule has 0 bridgehead atoms. The van der Waals surface area contributed by atoms with Gasteiger partial charge in [0, 0.05) is 34.0 Å². The first-order valence-electron chi connectivity index (χ1n) is 5.44. The summed E-state index contributed by atoms with van der Waals surface area (Å²) in [6.07, 6.45) is 0. The Hall–Kier alpha value is -0.840. The summed E-state index contributed by atoms with van der Waals surface area (Å²) in [6, 6.07) is 12.7. The molecule has 2 rings (SSSR count). The summed E-state index contributed by atoms with van der Waals surface area (Å²) in [5.41, 5.74) is 7.09. The van der Waals surface area contributed by atoms with Crippen molar-refractivity contribution in [3.8, 4) is 0 Å². The first-order chi connectivity index (χ1) is 8.22. The number of benzene rings is 1. The first kappa shape index (κ1) is 12.6. The Morgan fingerprint density at radius 1 is 1.35 bits per heavy atom. The van der Waals surface area contributed by atoms with Crippen LogP contribution < -0.4 is 10.6 Å². The fourth-order valence-electron chi connectivity index (χ4n) is 1.81. The maximum atomic E-state index is 5.90. The third-order valence-electron chi connectivity index (χ3n) is 2.77. The number of halogens is 1. The van der Waals surface area contributed by atoms with Crippen molar-refractivity contribution in [2.45, 2.75) is 6.04 Å². The highest BCUT2D eigenvalue weighted by Crippen LogP contribution is 2.30. The fraction of sp³-hybridized carbons (Fsp3) is 0.231. The molecule has 1 unspecified atom stereocenters. The van der Waals surface area contributed by atoms with Crippen LogP contribution >= 0.6 is 27.3 Å². The van der Waals surface area contributed by atoms with Gasteiger partial charge in [-0.05, 0) is 34.1 Å². The van der Waals surface area contributed by atoms with E-state index in [4.69, 9.17) is 5.73 Å². The SMILES string of the molecule is CN(c1ccccc1)C(CN)c1cc(Br)cs1. The molecule has 0 aliphatic carbocycles. The number of nitrogens with two attached hydrogens (primary N) is 1. The lowest BCUT2D eigenvalue weighted by atomic mass is 10.2. The molecule has 2 nitrogen and oxygen atoms in total. The molecule has 0 fully saturated rings. The van der Waals surface area contributed by atoms with Crippen LogP contribution in [0.2, 0.25) is 0 Å². The lowest BCUT2D eigenvalue weighted by Gasteiger charge is -2.28. The third-order valence-corrected chi connectivity index (χ3v) is 4.57. The molecule has 2 N–H and O–H groups in total. The molecule has 90 valence electrons. The van der Waals surface area contributed by atoms with Crippen LogP contribution in [-0.2, 0) is 0 Å². The summed E-state index contributed by atoms with van der Waals surface area (Å²) in [7, 11) is 2.08. The molecule has 0 radical (unpaired) electrons. The van der Waals surface area contributed by atoms with Gasteiger partial charge < -0.3 is 10.6 Å². The summed E-state index contributed by atoms with van der Waals surface area (Å²) in [5.74, 6) is 0. The number of hydrogen-bond donors (Lipinski definition) is 1. The standard InChI is InChI=1S/C13H15BrN2S/c1-16(11-5-3-2-4-6-11)12(8-15)13-7-10(14)9-17-13/h2-7,9,12H,8,15H2,1H3. The van der Waals surface area contributed by atoms with E-state index in [9.17, 15) is 0 Å². The lowest BCUT2D eigenvalue weighted by molar-refractivity contribution is 0.692. The Bertz CT molecular complexity index is 469. The van der Waals surface area contributed by atoms with E-state index in [2.05, 4.69) is 51.5 Å². The van der Waals surface area contributed by atoms with E-state index in [-0.39, 0.29) is 6.04 Å². The van der Waals surface area contributed by atoms with Crippen molar-refractivity contribution >= 4 is 33.0 Å². The quantitative estimate of drug-likeness (QED) is 0.934. The van der Waals surface area contributed by atoms with Crippen molar-refractivity contribution in [1.82, 2.24) is 0 Å². The zero-order valence-corrected chi connectivity index (χ0v) is 12.0. The van der Waals surface area contributed by atoms with E-state index < -0.39 is 0 Å². The largest absolute Gasteiger partial charge is 0.365 e. The second kappa shape index (κ2) is 5.67. The molecule has 0 saturated heterocycles. The Morgan fingerprint density at radius 2 is 2.06 bits per heavy atom. The smallest absolute Gasteiger partial charge is 0.0754 e. The van der Waals surface area contributed by atoms with Crippen molar-refractivity contribution in [3.63, 3.8) is 0 Å². The van der Waals surface area contributed by atoms with Gasteiger partial charge in [0.05, 0.1) is 6.04 Å². The van der Waals surface area contributed by atoms with Crippen LogP contribution in [0.4, 0.5) is 5.69 Å². The fourth-order valence-corrected chi connectivity index (χ4v) is 3.41. The molecule has 1 atom stereocenters. The average Bonchev–Trinajstić information content (AvgIpc) is 2.78. The van der Waals surface area contributed by atoms with Crippen molar-refractivity contribution in [3.05, 3.63) is 51.1 Å². The van der Waals surface area contributed by atoms with E-state index in [1.807, 2.05) is 18.2 Å². The molecule has 1 heterocycles. The lowest BCUT2D eigenvalue weighted by Crippen LogP contribution is -2.29. The van der Waals surface area contributed by atoms with Crippen LogP contribution in [0.1, 0.15) is 10.9 Å².